The third-order valence-corrected chi connectivity index (χ3v) is 4.11. The van der Waals surface area contributed by atoms with Gasteiger partial charge in [-0.25, -0.2) is 0 Å². The van der Waals surface area contributed by atoms with Crippen LogP contribution in [0.2, 0.25) is 10.0 Å². The predicted molar refractivity (Wildman–Crippen MR) is 85.4 cm³/mol. The number of hydrogen-bond donors (Lipinski definition) is 0. The lowest BCUT2D eigenvalue weighted by Gasteiger charge is -2.35. The molecule has 1 aliphatic rings. The molecule has 1 unspecified atom stereocenters. The molecule has 1 saturated heterocycles. The molecule has 0 aromatic heterocycles. The van der Waals surface area contributed by atoms with Crippen molar-refractivity contribution in [3.05, 3.63) is 28.2 Å². The lowest BCUT2D eigenvalue weighted by molar-refractivity contribution is -0.143. The third-order valence-electron chi connectivity index (χ3n) is 3.58. The number of nitrogens with zero attached hydrogens (tertiary/aromatic N) is 2. The van der Waals surface area contributed by atoms with Gasteiger partial charge < -0.3 is 14.5 Å². The highest BCUT2D eigenvalue weighted by atomic mass is 35.5. The van der Waals surface area contributed by atoms with Gasteiger partial charge in [0.05, 0.1) is 5.02 Å². The zero-order valence-electron chi connectivity index (χ0n) is 12.5. The van der Waals surface area contributed by atoms with Gasteiger partial charge in [0.25, 0.3) is 5.91 Å². The molecule has 22 heavy (non-hydrogen) atoms. The van der Waals surface area contributed by atoms with Gasteiger partial charge in [-0.15, -0.1) is 0 Å². The lowest BCUT2D eigenvalue weighted by Crippen LogP contribution is -2.52. The number of ether oxygens (including phenoxy) is 1. The fourth-order valence-electron chi connectivity index (χ4n) is 2.31. The molecule has 1 fully saturated rings. The number of carbonyl (C=O) groups is 2. The molecular weight excluding hydrogens is 327 g/mol. The number of rotatable bonds is 3. The van der Waals surface area contributed by atoms with E-state index in [-0.39, 0.29) is 11.8 Å². The summed E-state index contributed by atoms with van der Waals surface area (Å²) in [7, 11) is 0. The molecule has 7 heteroatoms. The largest absolute Gasteiger partial charge is 0.479 e. The van der Waals surface area contributed by atoms with Crippen molar-refractivity contribution in [2.45, 2.75) is 20.0 Å². The molecule has 0 spiro atoms. The van der Waals surface area contributed by atoms with Crippen LogP contribution in [0.5, 0.6) is 5.75 Å². The van der Waals surface area contributed by atoms with Gasteiger partial charge in [0.15, 0.2) is 6.10 Å². The van der Waals surface area contributed by atoms with Crippen LogP contribution in [0.4, 0.5) is 0 Å². The van der Waals surface area contributed by atoms with Crippen LogP contribution in [0.3, 0.4) is 0 Å². The molecule has 2 amide bonds. The molecule has 0 N–H and O–H groups in total. The van der Waals surface area contributed by atoms with Gasteiger partial charge in [-0.1, -0.05) is 23.2 Å². The van der Waals surface area contributed by atoms with Crippen molar-refractivity contribution in [1.82, 2.24) is 9.80 Å². The van der Waals surface area contributed by atoms with E-state index in [9.17, 15) is 9.59 Å². The maximum Gasteiger partial charge on any atom is 0.263 e. The molecule has 1 heterocycles. The van der Waals surface area contributed by atoms with E-state index in [1.54, 1.807) is 34.9 Å². The van der Waals surface area contributed by atoms with Crippen LogP contribution >= 0.6 is 23.2 Å². The number of benzene rings is 1. The highest BCUT2D eigenvalue weighted by Crippen LogP contribution is 2.28. The molecular formula is C15H18Cl2N2O3. The first kappa shape index (κ1) is 16.9. The van der Waals surface area contributed by atoms with Crippen LogP contribution in [-0.2, 0) is 9.59 Å². The van der Waals surface area contributed by atoms with Crippen LogP contribution in [0.25, 0.3) is 0 Å². The van der Waals surface area contributed by atoms with Gasteiger partial charge in [-0.2, -0.15) is 0 Å². The van der Waals surface area contributed by atoms with Crippen molar-refractivity contribution in [3.63, 3.8) is 0 Å². The van der Waals surface area contributed by atoms with Gasteiger partial charge in [-0.3, -0.25) is 9.59 Å². The Morgan fingerprint density at radius 1 is 1.14 bits per heavy atom. The standard InChI is InChI=1S/C15H18Cl2N2O3/c1-10(22-14-4-3-12(16)9-13(14)17)15(21)19-7-5-18(6-8-19)11(2)20/h3-4,9-10H,5-8H2,1-2H3. The highest BCUT2D eigenvalue weighted by Gasteiger charge is 2.27. The second kappa shape index (κ2) is 7.20. The van der Waals surface area contributed by atoms with Crippen molar-refractivity contribution in [2.75, 3.05) is 26.2 Å². The Kier molecular flexibility index (Phi) is 5.53. The summed E-state index contributed by atoms with van der Waals surface area (Å²) < 4.78 is 5.63. The van der Waals surface area contributed by atoms with E-state index in [0.717, 1.165) is 0 Å². The zero-order chi connectivity index (χ0) is 16.3. The first-order valence-corrected chi connectivity index (χ1v) is 7.80. The van der Waals surface area contributed by atoms with Crippen LogP contribution in [-0.4, -0.2) is 53.9 Å². The van der Waals surface area contributed by atoms with Gasteiger partial charge >= 0.3 is 0 Å². The topological polar surface area (TPSA) is 49.9 Å². The average Bonchev–Trinajstić information content (AvgIpc) is 2.49. The summed E-state index contributed by atoms with van der Waals surface area (Å²) in [6, 6.07) is 4.87. The van der Waals surface area contributed by atoms with Crippen molar-refractivity contribution in [3.8, 4) is 5.75 Å². The molecule has 1 aliphatic heterocycles. The van der Waals surface area contributed by atoms with Crippen LogP contribution in [0.1, 0.15) is 13.8 Å². The average molecular weight is 345 g/mol. The Balaban J connectivity index is 1.94. The van der Waals surface area contributed by atoms with E-state index in [1.807, 2.05) is 0 Å². The maximum absolute atomic E-state index is 12.4. The summed E-state index contributed by atoms with van der Waals surface area (Å²) in [5, 5.41) is 0.880. The first-order valence-electron chi connectivity index (χ1n) is 7.04. The number of hydrogen-bond acceptors (Lipinski definition) is 3. The lowest BCUT2D eigenvalue weighted by atomic mass is 10.2. The Hall–Kier alpha value is -1.46. The monoisotopic (exact) mass is 344 g/mol. The number of amides is 2. The predicted octanol–water partition coefficient (Wildman–Crippen LogP) is 2.45. The van der Waals surface area contributed by atoms with Crippen LogP contribution < -0.4 is 4.74 Å². The fourth-order valence-corrected chi connectivity index (χ4v) is 2.76. The van der Waals surface area contributed by atoms with Gasteiger partial charge in [0.2, 0.25) is 5.91 Å². The Morgan fingerprint density at radius 2 is 1.73 bits per heavy atom. The normalized spacial score (nSPS) is 16.4. The third kappa shape index (κ3) is 4.05. The summed E-state index contributed by atoms with van der Waals surface area (Å²) in [5.41, 5.74) is 0. The smallest absolute Gasteiger partial charge is 0.263 e. The Bertz CT molecular complexity index is 572. The molecule has 0 saturated carbocycles. The fraction of sp³-hybridized carbons (Fsp3) is 0.467. The molecule has 0 bridgehead atoms. The second-order valence-electron chi connectivity index (χ2n) is 5.17. The molecule has 5 nitrogen and oxygen atoms in total. The summed E-state index contributed by atoms with van der Waals surface area (Å²) in [6.45, 7) is 5.35. The van der Waals surface area contributed by atoms with Crippen molar-refractivity contribution < 1.29 is 14.3 Å². The summed E-state index contributed by atoms with van der Waals surface area (Å²) in [5.74, 6) is 0.341. The molecule has 0 radical (unpaired) electrons. The van der Waals surface area contributed by atoms with E-state index in [2.05, 4.69) is 0 Å². The SMILES string of the molecule is CC(=O)N1CCN(C(=O)C(C)Oc2ccc(Cl)cc2Cl)CC1. The summed E-state index contributed by atoms with van der Waals surface area (Å²) >= 11 is 11.9. The van der Waals surface area contributed by atoms with E-state index >= 15 is 0 Å². The minimum atomic E-state index is -0.650. The van der Waals surface area contributed by atoms with E-state index in [4.69, 9.17) is 27.9 Å². The number of piperazine rings is 1. The minimum absolute atomic E-state index is 0.0318. The van der Waals surface area contributed by atoms with Crippen molar-refractivity contribution >= 4 is 35.0 Å². The molecule has 2 rings (SSSR count). The minimum Gasteiger partial charge on any atom is -0.479 e. The summed E-state index contributed by atoms with van der Waals surface area (Å²) in [6.07, 6.45) is -0.650. The van der Waals surface area contributed by atoms with E-state index in [0.29, 0.717) is 42.0 Å². The second-order valence-corrected chi connectivity index (χ2v) is 6.01. The highest BCUT2D eigenvalue weighted by molar-refractivity contribution is 6.35. The molecule has 120 valence electrons. The van der Waals surface area contributed by atoms with Gasteiger partial charge in [0, 0.05) is 38.1 Å². The van der Waals surface area contributed by atoms with Gasteiger partial charge in [-0.05, 0) is 25.1 Å². The molecule has 1 aromatic rings. The molecule has 1 atom stereocenters. The zero-order valence-corrected chi connectivity index (χ0v) is 14.0. The Morgan fingerprint density at radius 3 is 2.27 bits per heavy atom. The molecule has 1 aromatic carbocycles. The van der Waals surface area contributed by atoms with E-state index in [1.165, 1.54) is 6.92 Å². The summed E-state index contributed by atoms with van der Waals surface area (Å²) in [4.78, 5) is 27.1. The molecule has 0 aliphatic carbocycles. The van der Waals surface area contributed by atoms with Crippen LogP contribution in [0, 0.1) is 0 Å². The first-order chi connectivity index (χ1) is 10.4. The Labute approximate surface area is 139 Å². The van der Waals surface area contributed by atoms with Crippen LogP contribution in [0.15, 0.2) is 18.2 Å². The van der Waals surface area contributed by atoms with Crippen molar-refractivity contribution in [2.24, 2.45) is 0 Å². The number of carbonyl (C=O) groups excluding carboxylic acids is 2. The van der Waals surface area contributed by atoms with Crippen molar-refractivity contribution in [1.29, 1.82) is 0 Å². The van der Waals surface area contributed by atoms with E-state index < -0.39 is 6.10 Å². The maximum atomic E-state index is 12.4. The quantitative estimate of drug-likeness (QED) is 0.846. The van der Waals surface area contributed by atoms with Gasteiger partial charge in [0.1, 0.15) is 5.75 Å². The number of halogens is 2.